The van der Waals surface area contributed by atoms with Crippen molar-refractivity contribution in [1.82, 2.24) is 9.97 Å². The van der Waals surface area contributed by atoms with Gasteiger partial charge in [-0.25, -0.2) is 9.97 Å². The number of hydrogen-bond donors (Lipinski definition) is 1. The van der Waals surface area contributed by atoms with Gasteiger partial charge in [0, 0.05) is 27.8 Å². The Balaban J connectivity index is 2.57. The van der Waals surface area contributed by atoms with E-state index in [4.69, 9.17) is 9.97 Å². The second-order valence-electron chi connectivity index (χ2n) is 5.54. The Morgan fingerprint density at radius 1 is 1.19 bits per heavy atom. The summed E-state index contributed by atoms with van der Waals surface area (Å²) >= 11 is 3.58. The second-order valence-corrected chi connectivity index (χ2v) is 6.40. The monoisotopic (exact) mass is 347 g/mol. The summed E-state index contributed by atoms with van der Waals surface area (Å²) in [5.41, 5.74) is 4.49. The lowest BCUT2D eigenvalue weighted by atomic mass is 10.0. The molecule has 0 fully saturated rings. The van der Waals surface area contributed by atoms with Crippen LogP contribution in [-0.2, 0) is 0 Å². The lowest BCUT2D eigenvalue weighted by Crippen LogP contribution is -2.09. The van der Waals surface area contributed by atoms with Crippen LogP contribution in [0.15, 0.2) is 22.7 Å². The zero-order valence-electron chi connectivity index (χ0n) is 13.3. The van der Waals surface area contributed by atoms with Crippen molar-refractivity contribution in [3.05, 3.63) is 39.5 Å². The molecule has 0 atom stereocenters. The Morgan fingerprint density at radius 3 is 2.48 bits per heavy atom. The lowest BCUT2D eigenvalue weighted by Gasteiger charge is -2.17. The van der Waals surface area contributed by atoms with Gasteiger partial charge in [-0.15, -0.1) is 0 Å². The molecule has 1 aromatic carbocycles. The Labute approximate surface area is 135 Å². The van der Waals surface area contributed by atoms with Crippen molar-refractivity contribution in [2.75, 3.05) is 11.9 Å². The van der Waals surface area contributed by atoms with E-state index >= 15 is 0 Å². The van der Waals surface area contributed by atoms with Gasteiger partial charge in [-0.2, -0.15) is 0 Å². The molecule has 4 heteroatoms. The van der Waals surface area contributed by atoms with E-state index in [2.05, 4.69) is 74.1 Å². The largest absolute Gasteiger partial charge is 0.370 e. The maximum Gasteiger partial charge on any atom is 0.161 e. The zero-order valence-corrected chi connectivity index (χ0v) is 14.9. The molecule has 1 heterocycles. The first-order chi connectivity index (χ1) is 9.93. The highest BCUT2D eigenvalue weighted by Gasteiger charge is 2.15. The number of rotatable bonds is 4. The smallest absolute Gasteiger partial charge is 0.161 e. The van der Waals surface area contributed by atoms with Crippen molar-refractivity contribution in [2.45, 2.75) is 40.5 Å². The predicted molar refractivity (Wildman–Crippen MR) is 92.9 cm³/mol. The van der Waals surface area contributed by atoms with Gasteiger partial charge >= 0.3 is 0 Å². The van der Waals surface area contributed by atoms with Crippen LogP contribution in [0, 0.1) is 13.8 Å². The maximum atomic E-state index is 4.74. The number of hydrogen-bond acceptors (Lipinski definition) is 3. The molecule has 0 bridgehead atoms. The molecule has 0 spiro atoms. The molecule has 0 saturated carbocycles. The van der Waals surface area contributed by atoms with Crippen LogP contribution in [0.25, 0.3) is 11.4 Å². The van der Waals surface area contributed by atoms with Crippen LogP contribution in [0.5, 0.6) is 0 Å². The standard InChI is InChI=1S/C17H22BrN3/c1-6-19-17-15(10(2)3)12(5)20-16(21-17)13-8-7-11(4)14(18)9-13/h7-10H,6H2,1-5H3,(H,19,20,21). The fourth-order valence-corrected chi connectivity index (χ4v) is 2.81. The van der Waals surface area contributed by atoms with E-state index in [0.29, 0.717) is 5.92 Å². The van der Waals surface area contributed by atoms with Crippen LogP contribution < -0.4 is 5.32 Å². The molecule has 0 unspecified atom stereocenters. The van der Waals surface area contributed by atoms with Gasteiger partial charge in [0.2, 0.25) is 0 Å². The predicted octanol–water partition coefficient (Wildman–Crippen LogP) is 5.08. The summed E-state index contributed by atoms with van der Waals surface area (Å²) in [6.45, 7) is 11.4. The molecule has 0 aliphatic rings. The van der Waals surface area contributed by atoms with Crippen LogP contribution in [0.2, 0.25) is 0 Å². The fraction of sp³-hybridized carbons (Fsp3) is 0.412. The third-order valence-electron chi connectivity index (χ3n) is 3.49. The molecule has 0 radical (unpaired) electrons. The number of nitrogens with zero attached hydrogens (tertiary/aromatic N) is 2. The molecule has 2 rings (SSSR count). The minimum atomic E-state index is 0.401. The summed E-state index contributed by atoms with van der Waals surface area (Å²) in [7, 11) is 0. The Kier molecular flexibility index (Phi) is 4.99. The van der Waals surface area contributed by atoms with Gasteiger partial charge in [0.15, 0.2) is 5.82 Å². The third-order valence-corrected chi connectivity index (χ3v) is 4.34. The average Bonchev–Trinajstić information content (AvgIpc) is 2.41. The van der Waals surface area contributed by atoms with E-state index in [-0.39, 0.29) is 0 Å². The van der Waals surface area contributed by atoms with Crippen LogP contribution >= 0.6 is 15.9 Å². The first kappa shape index (κ1) is 16.0. The van der Waals surface area contributed by atoms with Gasteiger partial charge < -0.3 is 5.32 Å². The molecule has 0 aliphatic heterocycles. The number of benzene rings is 1. The highest BCUT2D eigenvalue weighted by Crippen LogP contribution is 2.29. The molecular formula is C17H22BrN3. The van der Waals surface area contributed by atoms with Gasteiger partial charge in [0.25, 0.3) is 0 Å². The minimum absolute atomic E-state index is 0.401. The van der Waals surface area contributed by atoms with E-state index in [9.17, 15) is 0 Å². The molecule has 112 valence electrons. The zero-order chi connectivity index (χ0) is 15.6. The Bertz CT molecular complexity index is 651. The third kappa shape index (κ3) is 3.43. The normalized spacial score (nSPS) is 11.0. The van der Waals surface area contributed by atoms with Crippen LogP contribution in [0.4, 0.5) is 5.82 Å². The molecule has 21 heavy (non-hydrogen) atoms. The fourth-order valence-electron chi connectivity index (χ4n) is 2.44. The molecule has 1 aromatic heterocycles. The summed E-state index contributed by atoms with van der Waals surface area (Å²) in [5, 5.41) is 3.37. The number of anilines is 1. The van der Waals surface area contributed by atoms with Crippen LogP contribution in [0.1, 0.15) is 43.5 Å². The second kappa shape index (κ2) is 6.56. The SMILES string of the molecule is CCNc1nc(-c2ccc(C)c(Br)c2)nc(C)c1C(C)C. The summed E-state index contributed by atoms with van der Waals surface area (Å²) < 4.78 is 1.08. The van der Waals surface area contributed by atoms with Crippen LogP contribution in [-0.4, -0.2) is 16.5 Å². The van der Waals surface area contributed by atoms with Crippen molar-refractivity contribution in [3.63, 3.8) is 0 Å². The summed E-state index contributed by atoms with van der Waals surface area (Å²) in [5.74, 6) is 2.12. The summed E-state index contributed by atoms with van der Waals surface area (Å²) in [6.07, 6.45) is 0. The van der Waals surface area contributed by atoms with E-state index < -0.39 is 0 Å². The van der Waals surface area contributed by atoms with E-state index in [1.165, 1.54) is 11.1 Å². The number of halogens is 1. The topological polar surface area (TPSA) is 37.8 Å². The summed E-state index contributed by atoms with van der Waals surface area (Å²) in [6, 6.07) is 6.23. The van der Waals surface area contributed by atoms with E-state index in [1.807, 2.05) is 0 Å². The molecular weight excluding hydrogens is 326 g/mol. The Morgan fingerprint density at radius 2 is 1.90 bits per heavy atom. The van der Waals surface area contributed by atoms with Crippen LogP contribution in [0.3, 0.4) is 0 Å². The minimum Gasteiger partial charge on any atom is -0.370 e. The van der Waals surface area contributed by atoms with E-state index in [1.54, 1.807) is 0 Å². The summed E-state index contributed by atoms with van der Waals surface area (Å²) in [4.78, 5) is 9.45. The van der Waals surface area contributed by atoms with Crippen molar-refractivity contribution in [1.29, 1.82) is 0 Å². The van der Waals surface area contributed by atoms with E-state index in [0.717, 1.165) is 33.9 Å². The highest BCUT2D eigenvalue weighted by molar-refractivity contribution is 9.10. The van der Waals surface area contributed by atoms with Gasteiger partial charge in [-0.1, -0.05) is 41.9 Å². The maximum absolute atomic E-state index is 4.74. The number of aromatic nitrogens is 2. The van der Waals surface area contributed by atoms with Crippen molar-refractivity contribution in [3.8, 4) is 11.4 Å². The Hall–Kier alpha value is -1.42. The molecule has 0 saturated heterocycles. The first-order valence-electron chi connectivity index (χ1n) is 7.33. The van der Waals surface area contributed by atoms with Crippen molar-refractivity contribution < 1.29 is 0 Å². The number of nitrogens with one attached hydrogen (secondary N) is 1. The highest BCUT2D eigenvalue weighted by atomic mass is 79.9. The molecule has 0 aliphatic carbocycles. The quantitative estimate of drug-likeness (QED) is 0.837. The molecule has 1 N–H and O–H groups in total. The average molecular weight is 348 g/mol. The van der Waals surface area contributed by atoms with Gasteiger partial charge in [0.1, 0.15) is 5.82 Å². The molecule has 3 nitrogen and oxygen atoms in total. The van der Waals surface area contributed by atoms with Gasteiger partial charge in [-0.3, -0.25) is 0 Å². The first-order valence-corrected chi connectivity index (χ1v) is 8.12. The van der Waals surface area contributed by atoms with Crippen molar-refractivity contribution in [2.24, 2.45) is 0 Å². The van der Waals surface area contributed by atoms with Gasteiger partial charge in [0.05, 0.1) is 0 Å². The van der Waals surface area contributed by atoms with Crippen molar-refractivity contribution >= 4 is 21.7 Å². The molecule has 0 amide bonds. The number of aryl methyl sites for hydroxylation is 2. The lowest BCUT2D eigenvalue weighted by molar-refractivity contribution is 0.831. The molecule has 2 aromatic rings. The van der Waals surface area contributed by atoms with Gasteiger partial charge in [-0.05, 0) is 38.3 Å².